The predicted octanol–water partition coefficient (Wildman–Crippen LogP) is 10.6. The summed E-state index contributed by atoms with van der Waals surface area (Å²) in [4.78, 5) is 42.7. The van der Waals surface area contributed by atoms with Crippen LogP contribution in [0.1, 0.15) is 31.8 Å². The minimum Gasteiger partial charge on any atom is -0.480 e. The van der Waals surface area contributed by atoms with Crippen LogP contribution in [0.3, 0.4) is 0 Å². The van der Waals surface area contributed by atoms with E-state index in [0.29, 0.717) is 11.3 Å². The maximum atomic E-state index is 14.5. The quantitative estimate of drug-likeness (QED) is 0.131. The second-order valence-electron chi connectivity index (χ2n) is 13.2. The first kappa shape index (κ1) is 36.6. The van der Waals surface area contributed by atoms with Crippen molar-refractivity contribution >= 4 is 35.1 Å². The third-order valence-electron chi connectivity index (χ3n) is 9.48. The molecule has 7 rings (SSSR count). The summed E-state index contributed by atoms with van der Waals surface area (Å²) in [6, 6.07) is 56.1. The molecule has 55 heavy (non-hydrogen) atoms. The van der Waals surface area contributed by atoms with Crippen LogP contribution in [0.5, 0.6) is 0 Å². The SMILES string of the molecule is O=C(NC(Cc1ccc(-c2ccccc2)cc1)C(=O)O)c1cc(Cl)ccc1N(Cc1ccc(-c2ccccc2)cc1)C(=O)c1ccc(-c2ccccc2)cc1. The zero-order chi connectivity index (χ0) is 38.1. The molecule has 2 N–H and O–H groups in total. The van der Waals surface area contributed by atoms with Crippen LogP contribution in [0.15, 0.2) is 182 Å². The van der Waals surface area contributed by atoms with Crippen LogP contribution in [0, 0.1) is 0 Å². The Hall–Kier alpha value is -6.76. The summed E-state index contributed by atoms with van der Waals surface area (Å²) >= 11 is 6.47. The van der Waals surface area contributed by atoms with Crippen molar-refractivity contribution in [2.75, 3.05) is 4.90 Å². The highest BCUT2D eigenvalue weighted by Gasteiger charge is 2.27. The molecule has 0 bridgehead atoms. The first-order valence-corrected chi connectivity index (χ1v) is 18.3. The highest BCUT2D eigenvalue weighted by atomic mass is 35.5. The lowest BCUT2D eigenvalue weighted by Crippen LogP contribution is -2.43. The van der Waals surface area contributed by atoms with Gasteiger partial charge in [0.25, 0.3) is 11.8 Å². The Balaban J connectivity index is 1.19. The number of carboxylic acids is 1. The Morgan fingerprint density at radius 3 is 1.45 bits per heavy atom. The molecule has 0 heterocycles. The lowest BCUT2D eigenvalue weighted by molar-refractivity contribution is -0.139. The first-order valence-electron chi connectivity index (χ1n) is 17.9. The fourth-order valence-electron chi connectivity index (χ4n) is 6.54. The lowest BCUT2D eigenvalue weighted by atomic mass is 10.00. The number of rotatable bonds is 12. The van der Waals surface area contributed by atoms with E-state index in [1.54, 1.807) is 29.2 Å². The number of anilines is 1. The lowest BCUT2D eigenvalue weighted by Gasteiger charge is -2.26. The number of nitrogens with zero attached hydrogens (tertiary/aromatic N) is 1. The average molecular weight is 741 g/mol. The largest absolute Gasteiger partial charge is 0.480 e. The Morgan fingerprint density at radius 1 is 0.545 bits per heavy atom. The second-order valence-corrected chi connectivity index (χ2v) is 13.6. The molecule has 270 valence electrons. The van der Waals surface area contributed by atoms with E-state index in [1.807, 2.05) is 152 Å². The van der Waals surface area contributed by atoms with Crippen LogP contribution < -0.4 is 10.2 Å². The van der Waals surface area contributed by atoms with Crippen molar-refractivity contribution in [3.63, 3.8) is 0 Å². The standard InChI is InChI=1S/C48H37ClN2O4/c49-42-28-29-45(43(31-42)46(52)50-44(48(54)55)30-33-16-20-38(21-17-33)35-10-4-1-5-11-35)51(32-34-18-22-39(23-19-34)36-12-6-2-7-13-36)47(53)41-26-24-40(25-27-41)37-14-8-3-9-15-37/h1-29,31,44H,30,32H2,(H,50,52)(H,54,55). The first-order chi connectivity index (χ1) is 26.8. The van der Waals surface area contributed by atoms with Crippen LogP contribution >= 0.6 is 11.6 Å². The van der Waals surface area contributed by atoms with Gasteiger partial charge in [0.15, 0.2) is 0 Å². The molecule has 7 aromatic carbocycles. The molecule has 2 amide bonds. The van der Waals surface area contributed by atoms with E-state index >= 15 is 0 Å². The molecule has 0 spiro atoms. The number of nitrogens with one attached hydrogen (secondary N) is 1. The predicted molar refractivity (Wildman–Crippen MR) is 220 cm³/mol. The van der Waals surface area contributed by atoms with E-state index in [0.717, 1.165) is 44.5 Å². The van der Waals surface area contributed by atoms with Gasteiger partial charge in [-0.05, 0) is 74.8 Å². The Morgan fingerprint density at radius 2 is 0.982 bits per heavy atom. The Labute approximate surface area is 325 Å². The Kier molecular flexibility index (Phi) is 11.3. The summed E-state index contributed by atoms with van der Waals surface area (Å²) in [6.45, 7) is 0.131. The van der Waals surface area contributed by atoms with Gasteiger partial charge in [-0.1, -0.05) is 163 Å². The van der Waals surface area contributed by atoms with Crippen LogP contribution in [-0.4, -0.2) is 28.9 Å². The number of carbonyl (C=O) groups excluding carboxylic acids is 2. The van der Waals surface area contributed by atoms with Gasteiger partial charge in [-0.2, -0.15) is 0 Å². The van der Waals surface area contributed by atoms with Gasteiger partial charge in [-0.25, -0.2) is 4.79 Å². The maximum Gasteiger partial charge on any atom is 0.326 e. The molecule has 0 aliphatic heterocycles. The molecular weight excluding hydrogens is 704 g/mol. The highest BCUT2D eigenvalue weighted by molar-refractivity contribution is 6.31. The van der Waals surface area contributed by atoms with Crippen LogP contribution in [0.25, 0.3) is 33.4 Å². The number of halogens is 1. The Bertz CT molecular complexity index is 2400. The van der Waals surface area contributed by atoms with E-state index in [1.165, 1.54) is 6.07 Å². The van der Waals surface area contributed by atoms with Crippen molar-refractivity contribution in [3.05, 3.63) is 209 Å². The van der Waals surface area contributed by atoms with Gasteiger partial charge in [-0.3, -0.25) is 9.59 Å². The summed E-state index contributed by atoms with van der Waals surface area (Å²) in [5.74, 6) is -2.19. The number of carboxylic acid groups (broad SMARTS) is 1. The van der Waals surface area contributed by atoms with E-state index in [-0.39, 0.29) is 29.5 Å². The van der Waals surface area contributed by atoms with Crippen molar-refractivity contribution in [1.29, 1.82) is 0 Å². The molecule has 1 atom stereocenters. The number of hydrogen-bond donors (Lipinski definition) is 2. The topological polar surface area (TPSA) is 86.7 Å². The van der Waals surface area contributed by atoms with E-state index in [4.69, 9.17) is 11.6 Å². The molecule has 0 aromatic heterocycles. The van der Waals surface area contributed by atoms with Gasteiger partial charge in [0, 0.05) is 17.0 Å². The van der Waals surface area contributed by atoms with E-state index in [2.05, 4.69) is 5.32 Å². The number of aliphatic carboxylic acids is 1. The monoisotopic (exact) mass is 740 g/mol. The summed E-state index contributed by atoms with van der Waals surface area (Å²) in [6.07, 6.45) is 0.0518. The molecule has 0 saturated heterocycles. The molecule has 0 aliphatic carbocycles. The van der Waals surface area contributed by atoms with Gasteiger partial charge in [-0.15, -0.1) is 0 Å². The molecule has 6 nitrogen and oxygen atoms in total. The van der Waals surface area contributed by atoms with Gasteiger partial charge >= 0.3 is 5.97 Å². The number of hydrogen-bond acceptors (Lipinski definition) is 3. The number of carbonyl (C=O) groups is 3. The normalized spacial score (nSPS) is 11.4. The molecule has 7 heteroatoms. The van der Waals surface area contributed by atoms with Crippen molar-refractivity contribution in [3.8, 4) is 33.4 Å². The second kappa shape index (κ2) is 16.9. The van der Waals surface area contributed by atoms with Gasteiger partial charge in [0.1, 0.15) is 6.04 Å². The molecule has 0 saturated carbocycles. The molecule has 1 unspecified atom stereocenters. The third-order valence-corrected chi connectivity index (χ3v) is 9.72. The van der Waals surface area contributed by atoms with Crippen molar-refractivity contribution in [2.45, 2.75) is 19.0 Å². The molecule has 0 fully saturated rings. The van der Waals surface area contributed by atoms with Gasteiger partial charge in [0.2, 0.25) is 0 Å². The molecule has 0 aliphatic rings. The van der Waals surface area contributed by atoms with Gasteiger partial charge < -0.3 is 15.3 Å². The summed E-state index contributed by atoms with van der Waals surface area (Å²) in [5, 5.41) is 13.2. The minimum absolute atomic E-state index is 0.0518. The average Bonchev–Trinajstić information content (AvgIpc) is 3.24. The molecule has 7 aromatic rings. The van der Waals surface area contributed by atoms with Crippen LogP contribution in [0.2, 0.25) is 5.02 Å². The smallest absolute Gasteiger partial charge is 0.326 e. The molecular formula is C48H37ClN2O4. The summed E-state index contributed by atoms with van der Waals surface area (Å²) in [7, 11) is 0. The van der Waals surface area contributed by atoms with Crippen LogP contribution in [-0.2, 0) is 17.8 Å². The number of amides is 2. The van der Waals surface area contributed by atoms with E-state index < -0.39 is 17.9 Å². The number of benzene rings is 7. The molecule has 0 radical (unpaired) electrons. The third kappa shape index (κ3) is 8.90. The van der Waals surface area contributed by atoms with Crippen molar-refractivity contribution in [1.82, 2.24) is 5.32 Å². The fraction of sp³-hybridized carbons (Fsp3) is 0.0625. The minimum atomic E-state index is -1.25. The van der Waals surface area contributed by atoms with Crippen molar-refractivity contribution < 1.29 is 19.5 Å². The van der Waals surface area contributed by atoms with Gasteiger partial charge in [0.05, 0.1) is 17.8 Å². The highest BCUT2D eigenvalue weighted by Crippen LogP contribution is 2.30. The van der Waals surface area contributed by atoms with Crippen molar-refractivity contribution in [2.24, 2.45) is 0 Å². The summed E-state index contributed by atoms with van der Waals surface area (Å²) < 4.78 is 0. The fourth-order valence-corrected chi connectivity index (χ4v) is 6.71. The zero-order valence-electron chi connectivity index (χ0n) is 29.8. The van der Waals surface area contributed by atoms with Crippen LogP contribution in [0.4, 0.5) is 5.69 Å². The zero-order valence-corrected chi connectivity index (χ0v) is 30.6. The van der Waals surface area contributed by atoms with E-state index in [9.17, 15) is 19.5 Å². The summed E-state index contributed by atoms with van der Waals surface area (Å²) in [5.41, 5.74) is 8.49. The maximum absolute atomic E-state index is 14.5.